The highest BCUT2D eigenvalue weighted by atomic mass is 32.1. The second-order valence-corrected chi connectivity index (χ2v) is 6.68. The molecule has 2 aromatic heterocycles. The van der Waals surface area contributed by atoms with Crippen LogP contribution in [0, 0.1) is 22.7 Å². The summed E-state index contributed by atoms with van der Waals surface area (Å²) in [6.07, 6.45) is 0.406. The molecule has 6 nitrogen and oxygen atoms in total. The van der Waals surface area contributed by atoms with Crippen molar-refractivity contribution in [1.82, 2.24) is 4.73 Å². The fourth-order valence-electron chi connectivity index (χ4n) is 2.85. The summed E-state index contributed by atoms with van der Waals surface area (Å²) in [7, 11) is 0. The molecule has 1 aromatic carbocycles. The summed E-state index contributed by atoms with van der Waals surface area (Å²) < 4.78 is 1.32. The normalized spacial score (nSPS) is 10.4. The Kier molecular flexibility index (Phi) is 5.07. The molecule has 0 aliphatic carbocycles. The van der Waals surface area contributed by atoms with E-state index in [2.05, 4.69) is 0 Å². The maximum absolute atomic E-state index is 12.8. The summed E-state index contributed by atoms with van der Waals surface area (Å²) in [5.74, 6) is -0.605. The van der Waals surface area contributed by atoms with E-state index in [0.29, 0.717) is 22.2 Å². The van der Waals surface area contributed by atoms with Crippen molar-refractivity contribution in [3.63, 3.8) is 0 Å². The SMILES string of the molecule is CCC(=O)On1c(-c2cccs2)c(C(=O)CC)c2cc(C#N)c(C#N)cc21. The van der Waals surface area contributed by atoms with Crippen molar-refractivity contribution in [1.29, 1.82) is 10.5 Å². The van der Waals surface area contributed by atoms with E-state index in [1.807, 2.05) is 29.7 Å². The molecule has 0 amide bonds. The summed E-state index contributed by atoms with van der Waals surface area (Å²) in [5, 5.41) is 21.1. The highest BCUT2D eigenvalue weighted by Gasteiger charge is 2.27. The van der Waals surface area contributed by atoms with Crippen LogP contribution in [0.3, 0.4) is 0 Å². The van der Waals surface area contributed by atoms with Crippen LogP contribution in [0.2, 0.25) is 0 Å². The Bertz CT molecular complexity index is 1130. The second kappa shape index (κ2) is 7.45. The molecule has 0 unspecified atom stereocenters. The molecule has 7 heteroatoms. The van der Waals surface area contributed by atoms with Gasteiger partial charge in [-0.2, -0.15) is 15.3 Å². The van der Waals surface area contributed by atoms with Crippen molar-refractivity contribution < 1.29 is 14.4 Å². The van der Waals surface area contributed by atoms with Crippen molar-refractivity contribution in [3.8, 4) is 22.7 Å². The lowest BCUT2D eigenvalue weighted by atomic mass is 10.00. The highest BCUT2D eigenvalue weighted by molar-refractivity contribution is 7.13. The first-order valence-corrected chi connectivity index (χ1v) is 9.24. The van der Waals surface area contributed by atoms with Gasteiger partial charge in [-0.3, -0.25) is 4.79 Å². The minimum atomic E-state index is -0.469. The number of Topliss-reactive ketones (excluding diaryl/α,β-unsaturated/α-hetero) is 1. The van der Waals surface area contributed by atoms with E-state index in [0.717, 1.165) is 4.88 Å². The van der Waals surface area contributed by atoms with Gasteiger partial charge in [0, 0.05) is 18.2 Å². The van der Waals surface area contributed by atoms with Crippen LogP contribution in [0.4, 0.5) is 0 Å². The van der Waals surface area contributed by atoms with E-state index in [-0.39, 0.29) is 29.8 Å². The molecule has 0 bridgehead atoms. The fourth-order valence-corrected chi connectivity index (χ4v) is 3.61. The summed E-state index contributed by atoms with van der Waals surface area (Å²) in [6, 6.07) is 10.6. The second-order valence-electron chi connectivity index (χ2n) is 5.73. The molecule has 0 aliphatic rings. The molecule has 0 radical (unpaired) electrons. The number of benzene rings is 1. The molecule has 27 heavy (non-hydrogen) atoms. The van der Waals surface area contributed by atoms with Crippen molar-refractivity contribution in [3.05, 3.63) is 46.3 Å². The van der Waals surface area contributed by atoms with Gasteiger partial charge in [0.05, 0.1) is 27.1 Å². The first-order valence-electron chi connectivity index (χ1n) is 8.36. The van der Waals surface area contributed by atoms with Gasteiger partial charge in [-0.05, 0) is 23.6 Å². The van der Waals surface area contributed by atoms with Gasteiger partial charge >= 0.3 is 5.97 Å². The zero-order valence-corrected chi connectivity index (χ0v) is 15.6. The molecule has 134 valence electrons. The molecule has 0 saturated heterocycles. The van der Waals surface area contributed by atoms with Crippen LogP contribution >= 0.6 is 11.3 Å². The van der Waals surface area contributed by atoms with Crippen LogP contribution in [-0.4, -0.2) is 16.5 Å². The molecular formula is C20H15N3O3S. The van der Waals surface area contributed by atoms with E-state index in [1.165, 1.54) is 28.2 Å². The van der Waals surface area contributed by atoms with Gasteiger partial charge in [0.2, 0.25) is 0 Å². The van der Waals surface area contributed by atoms with Crippen molar-refractivity contribution >= 4 is 34.0 Å². The number of nitrogens with zero attached hydrogens (tertiary/aromatic N) is 3. The first kappa shape index (κ1) is 18.4. The predicted octanol–water partition coefficient (Wildman–Crippen LogP) is 4.07. The van der Waals surface area contributed by atoms with Gasteiger partial charge in [-0.1, -0.05) is 19.9 Å². The zero-order chi connectivity index (χ0) is 19.6. The Morgan fingerprint density at radius 1 is 1.15 bits per heavy atom. The summed E-state index contributed by atoms with van der Waals surface area (Å²) in [4.78, 5) is 31.1. The molecule has 0 N–H and O–H groups in total. The maximum atomic E-state index is 12.8. The molecule has 0 spiro atoms. The Morgan fingerprint density at radius 2 is 1.85 bits per heavy atom. The number of fused-ring (bicyclic) bond motifs is 1. The van der Waals surface area contributed by atoms with E-state index in [1.54, 1.807) is 13.8 Å². The number of ketones is 1. The smallest absolute Gasteiger partial charge is 0.332 e. The third kappa shape index (κ3) is 3.10. The number of carbonyl (C=O) groups is 2. The van der Waals surface area contributed by atoms with Crippen molar-refractivity contribution in [2.75, 3.05) is 0 Å². The molecule has 3 aromatic rings. The van der Waals surface area contributed by atoms with Gasteiger partial charge in [-0.15, -0.1) is 11.3 Å². The topological polar surface area (TPSA) is 95.9 Å². The Balaban J connectivity index is 2.49. The quantitative estimate of drug-likeness (QED) is 0.625. The lowest BCUT2D eigenvalue weighted by Crippen LogP contribution is -2.19. The molecule has 3 rings (SSSR count). The molecule has 0 saturated carbocycles. The lowest BCUT2D eigenvalue weighted by molar-refractivity contribution is -0.143. The standard InChI is InChI=1S/C20H15N3O3S/c1-3-16(24)19-14-8-12(10-21)13(11-22)9-15(14)23(26-18(25)4-2)20(19)17-6-5-7-27-17/h5-9H,3-4H2,1-2H3. The Hall–Kier alpha value is -3.42. The van der Waals surface area contributed by atoms with Crippen LogP contribution in [0.5, 0.6) is 0 Å². The summed E-state index contributed by atoms with van der Waals surface area (Å²) in [6.45, 7) is 3.42. The van der Waals surface area contributed by atoms with Crippen LogP contribution in [0.15, 0.2) is 29.6 Å². The van der Waals surface area contributed by atoms with Gasteiger partial charge in [-0.25, -0.2) is 4.79 Å². The average molecular weight is 377 g/mol. The Labute approximate surface area is 159 Å². The predicted molar refractivity (Wildman–Crippen MR) is 101 cm³/mol. The van der Waals surface area contributed by atoms with Gasteiger partial charge in [0.25, 0.3) is 0 Å². The number of carbonyl (C=O) groups excluding carboxylic acids is 2. The number of aromatic nitrogens is 1. The number of thiophene rings is 1. The third-order valence-electron chi connectivity index (χ3n) is 4.14. The number of rotatable bonds is 5. The number of hydrogen-bond donors (Lipinski definition) is 0. The van der Waals surface area contributed by atoms with Crippen LogP contribution < -0.4 is 4.84 Å². The van der Waals surface area contributed by atoms with E-state index < -0.39 is 5.97 Å². The lowest BCUT2D eigenvalue weighted by Gasteiger charge is -2.10. The minimum Gasteiger partial charge on any atom is -0.336 e. The largest absolute Gasteiger partial charge is 0.336 e. The van der Waals surface area contributed by atoms with Crippen LogP contribution in [-0.2, 0) is 4.79 Å². The third-order valence-corrected chi connectivity index (χ3v) is 5.02. The summed E-state index contributed by atoms with van der Waals surface area (Å²) >= 11 is 1.41. The highest BCUT2D eigenvalue weighted by Crippen LogP contribution is 2.37. The van der Waals surface area contributed by atoms with Crippen LogP contribution in [0.25, 0.3) is 21.5 Å². The molecule has 0 fully saturated rings. The van der Waals surface area contributed by atoms with Gasteiger partial charge in [0.15, 0.2) is 5.78 Å². The molecule has 0 atom stereocenters. The monoisotopic (exact) mass is 377 g/mol. The van der Waals surface area contributed by atoms with E-state index in [9.17, 15) is 20.1 Å². The van der Waals surface area contributed by atoms with Gasteiger partial charge < -0.3 is 4.84 Å². The van der Waals surface area contributed by atoms with Crippen molar-refractivity contribution in [2.24, 2.45) is 0 Å². The van der Waals surface area contributed by atoms with Crippen molar-refractivity contribution in [2.45, 2.75) is 26.7 Å². The van der Waals surface area contributed by atoms with E-state index in [4.69, 9.17) is 4.84 Å². The number of hydrogen-bond acceptors (Lipinski definition) is 6. The van der Waals surface area contributed by atoms with Gasteiger partial charge in [0.1, 0.15) is 17.8 Å². The number of nitriles is 2. The molecular weight excluding hydrogens is 362 g/mol. The molecule has 2 heterocycles. The minimum absolute atomic E-state index is 0.136. The van der Waals surface area contributed by atoms with E-state index >= 15 is 0 Å². The fraction of sp³-hybridized carbons (Fsp3) is 0.200. The Morgan fingerprint density at radius 3 is 2.41 bits per heavy atom. The summed E-state index contributed by atoms with van der Waals surface area (Å²) in [5.41, 5.74) is 1.59. The zero-order valence-electron chi connectivity index (χ0n) is 14.8. The molecule has 0 aliphatic heterocycles. The maximum Gasteiger partial charge on any atom is 0.332 e. The average Bonchev–Trinajstić information content (AvgIpc) is 3.32. The van der Waals surface area contributed by atoms with Crippen LogP contribution in [0.1, 0.15) is 48.2 Å². The first-order chi connectivity index (χ1) is 13.0.